The molecule has 1 saturated carbocycles. The second-order valence-corrected chi connectivity index (χ2v) is 6.24. The van der Waals surface area contributed by atoms with Crippen LogP contribution in [0.4, 0.5) is 5.69 Å². The van der Waals surface area contributed by atoms with E-state index in [2.05, 4.69) is 20.9 Å². The Morgan fingerprint density at radius 3 is 2.83 bits per heavy atom. The SMILES string of the molecule is O=C(NC1[C@H]2CNC[C@@H]12)c1cccc(NCc2ccccn2)c1. The Balaban J connectivity index is 1.37. The van der Waals surface area contributed by atoms with Gasteiger partial charge in [-0.15, -0.1) is 0 Å². The standard InChI is InChI=1S/C18H20N4O/c23-18(22-17-15-10-19-11-16(15)17)12-4-3-6-13(8-12)21-9-14-5-1-2-7-20-14/h1-8,15-17,19,21H,9-11H2,(H,22,23)/t15-,16+,17?. The van der Waals surface area contributed by atoms with Gasteiger partial charge in [0.25, 0.3) is 5.91 Å². The number of hydrogen-bond acceptors (Lipinski definition) is 4. The molecule has 5 heteroatoms. The third-order valence-corrected chi connectivity index (χ3v) is 4.71. The van der Waals surface area contributed by atoms with Gasteiger partial charge in [-0.05, 0) is 42.2 Å². The zero-order valence-electron chi connectivity index (χ0n) is 12.8. The molecule has 2 heterocycles. The van der Waals surface area contributed by atoms with Crippen molar-refractivity contribution in [3.63, 3.8) is 0 Å². The fraction of sp³-hybridized carbons (Fsp3) is 0.333. The van der Waals surface area contributed by atoms with E-state index in [4.69, 9.17) is 0 Å². The van der Waals surface area contributed by atoms with Gasteiger partial charge in [-0.3, -0.25) is 9.78 Å². The van der Waals surface area contributed by atoms with Crippen molar-refractivity contribution in [1.82, 2.24) is 15.6 Å². The van der Waals surface area contributed by atoms with E-state index in [0.717, 1.165) is 24.5 Å². The van der Waals surface area contributed by atoms with Crippen LogP contribution in [0.1, 0.15) is 16.1 Å². The Kier molecular flexibility index (Phi) is 3.71. The molecule has 1 amide bonds. The second-order valence-electron chi connectivity index (χ2n) is 6.24. The number of amides is 1. The predicted octanol–water partition coefficient (Wildman–Crippen LogP) is 1.64. The van der Waals surface area contributed by atoms with Crippen LogP contribution in [0.15, 0.2) is 48.7 Å². The number of piperidine rings is 1. The molecular formula is C18H20N4O. The summed E-state index contributed by atoms with van der Waals surface area (Å²) < 4.78 is 0. The lowest BCUT2D eigenvalue weighted by Crippen LogP contribution is -2.32. The third-order valence-electron chi connectivity index (χ3n) is 4.71. The van der Waals surface area contributed by atoms with E-state index in [0.29, 0.717) is 30.0 Å². The molecule has 2 aromatic rings. The first-order valence-electron chi connectivity index (χ1n) is 8.07. The lowest BCUT2D eigenvalue weighted by atomic mass is 10.2. The molecule has 1 aromatic heterocycles. The van der Waals surface area contributed by atoms with E-state index >= 15 is 0 Å². The maximum absolute atomic E-state index is 12.4. The van der Waals surface area contributed by atoms with E-state index in [9.17, 15) is 4.79 Å². The van der Waals surface area contributed by atoms with Gasteiger partial charge in [-0.1, -0.05) is 12.1 Å². The Labute approximate surface area is 135 Å². The number of nitrogens with zero attached hydrogens (tertiary/aromatic N) is 1. The average Bonchev–Trinajstić information content (AvgIpc) is 3.02. The van der Waals surface area contributed by atoms with Crippen molar-refractivity contribution < 1.29 is 4.79 Å². The molecule has 4 rings (SSSR count). The van der Waals surface area contributed by atoms with Gasteiger partial charge < -0.3 is 16.0 Å². The van der Waals surface area contributed by atoms with Crippen LogP contribution in [0, 0.1) is 11.8 Å². The molecule has 1 aliphatic carbocycles. The summed E-state index contributed by atoms with van der Waals surface area (Å²) in [6.07, 6.45) is 1.78. The van der Waals surface area contributed by atoms with Crippen molar-refractivity contribution in [3.05, 3.63) is 59.9 Å². The number of benzene rings is 1. The number of rotatable bonds is 5. The lowest BCUT2D eigenvalue weighted by molar-refractivity contribution is 0.0946. The topological polar surface area (TPSA) is 66.1 Å². The summed E-state index contributed by atoms with van der Waals surface area (Å²) in [7, 11) is 0. The smallest absolute Gasteiger partial charge is 0.251 e. The summed E-state index contributed by atoms with van der Waals surface area (Å²) in [6.45, 7) is 2.70. The van der Waals surface area contributed by atoms with Gasteiger partial charge in [0.1, 0.15) is 0 Å². The highest BCUT2D eigenvalue weighted by Gasteiger charge is 2.53. The Bertz CT molecular complexity index is 693. The first-order chi connectivity index (χ1) is 11.3. The summed E-state index contributed by atoms with van der Waals surface area (Å²) in [5, 5.41) is 9.81. The molecule has 0 radical (unpaired) electrons. The monoisotopic (exact) mass is 308 g/mol. The molecule has 1 saturated heterocycles. The highest BCUT2D eigenvalue weighted by atomic mass is 16.1. The first-order valence-corrected chi connectivity index (χ1v) is 8.07. The molecule has 0 bridgehead atoms. The number of anilines is 1. The number of carbonyl (C=O) groups is 1. The van der Waals surface area contributed by atoms with Crippen molar-refractivity contribution in [3.8, 4) is 0 Å². The van der Waals surface area contributed by atoms with Crippen molar-refractivity contribution in [2.24, 2.45) is 11.8 Å². The molecule has 23 heavy (non-hydrogen) atoms. The van der Waals surface area contributed by atoms with E-state index in [1.807, 2.05) is 42.5 Å². The summed E-state index contributed by atoms with van der Waals surface area (Å²) in [6, 6.07) is 13.8. The van der Waals surface area contributed by atoms with Gasteiger partial charge in [0.05, 0.1) is 12.2 Å². The van der Waals surface area contributed by atoms with Gasteiger partial charge in [0.15, 0.2) is 0 Å². The molecule has 0 spiro atoms. The van der Waals surface area contributed by atoms with Gasteiger partial charge >= 0.3 is 0 Å². The number of pyridine rings is 1. The molecule has 1 unspecified atom stereocenters. The van der Waals surface area contributed by atoms with Gasteiger partial charge in [-0.25, -0.2) is 0 Å². The number of fused-ring (bicyclic) bond motifs is 1. The molecule has 1 aromatic carbocycles. The summed E-state index contributed by atoms with van der Waals surface area (Å²) >= 11 is 0. The normalized spacial score (nSPS) is 24.8. The number of hydrogen-bond donors (Lipinski definition) is 3. The minimum atomic E-state index is 0.0193. The zero-order valence-corrected chi connectivity index (χ0v) is 12.8. The van der Waals surface area contributed by atoms with Crippen LogP contribution in [0.3, 0.4) is 0 Å². The molecule has 1 aliphatic heterocycles. The van der Waals surface area contributed by atoms with Crippen LogP contribution >= 0.6 is 0 Å². The van der Waals surface area contributed by atoms with Gasteiger partial charge in [0, 0.05) is 36.6 Å². The van der Waals surface area contributed by atoms with Crippen LogP contribution < -0.4 is 16.0 Å². The van der Waals surface area contributed by atoms with Gasteiger partial charge in [-0.2, -0.15) is 0 Å². The molecular weight excluding hydrogens is 288 g/mol. The summed E-state index contributed by atoms with van der Waals surface area (Å²) in [4.78, 5) is 16.7. The second kappa shape index (κ2) is 6.01. The van der Waals surface area contributed by atoms with Crippen molar-refractivity contribution >= 4 is 11.6 Å². The number of aromatic nitrogens is 1. The molecule has 3 N–H and O–H groups in total. The average molecular weight is 308 g/mol. The Hall–Kier alpha value is -2.40. The number of carbonyl (C=O) groups excluding carboxylic acids is 1. The molecule has 5 nitrogen and oxygen atoms in total. The van der Waals surface area contributed by atoms with Crippen molar-refractivity contribution in [2.45, 2.75) is 12.6 Å². The highest BCUT2D eigenvalue weighted by molar-refractivity contribution is 5.95. The highest BCUT2D eigenvalue weighted by Crippen LogP contribution is 2.41. The minimum absolute atomic E-state index is 0.0193. The quantitative estimate of drug-likeness (QED) is 0.786. The van der Waals surface area contributed by atoms with Gasteiger partial charge in [0.2, 0.25) is 0 Å². The Morgan fingerprint density at radius 1 is 1.17 bits per heavy atom. The van der Waals surface area contributed by atoms with Crippen LogP contribution in [-0.4, -0.2) is 30.0 Å². The summed E-state index contributed by atoms with van der Waals surface area (Å²) in [5.41, 5.74) is 2.61. The minimum Gasteiger partial charge on any atom is -0.379 e. The largest absolute Gasteiger partial charge is 0.379 e. The Morgan fingerprint density at radius 2 is 2.04 bits per heavy atom. The first kappa shape index (κ1) is 14.2. The maximum Gasteiger partial charge on any atom is 0.251 e. The van der Waals surface area contributed by atoms with Crippen LogP contribution in [-0.2, 0) is 6.54 Å². The maximum atomic E-state index is 12.4. The van der Waals surface area contributed by atoms with E-state index in [1.165, 1.54) is 0 Å². The van der Waals surface area contributed by atoms with E-state index in [-0.39, 0.29) is 5.91 Å². The van der Waals surface area contributed by atoms with Crippen molar-refractivity contribution in [1.29, 1.82) is 0 Å². The third kappa shape index (κ3) is 3.05. The molecule has 3 atom stereocenters. The zero-order chi connectivity index (χ0) is 15.6. The predicted molar refractivity (Wildman–Crippen MR) is 89.1 cm³/mol. The fourth-order valence-corrected chi connectivity index (χ4v) is 3.33. The number of nitrogens with one attached hydrogen (secondary N) is 3. The molecule has 2 fully saturated rings. The van der Waals surface area contributed by atoms with Crippen LogP contribution in [0.2, 0.25) is 0 Å². The molecule has 118 valence electrons. The summed E-state index contributed by atoms with van der Waals surface area (Å²) in [5.74, 6) is 1.28. The molecule has 2 aliphatic rings. The van der Waals surface area contributed by atoms with E-state index < -0.39 is 0 Å². The van der Waals surface area contributed by atoms with Crippen LogP contribution in [0.25, 0.3) is 0 Å². The van der Waals surface area contributed by atoms with E-state index in [1.54, 1.807) is 6.20 Å². The fourth-order valence-electron chi connectivity index (χ4n) is 3.33. The van der Waals surface area contributed by atoms with Crippen LogP contribution in [0.5, 0.6) is 0 Å². The van der Waals surface area contributed by atoms with Crippen molar-refractivity contribution in [2.75, 3.05) is 18.4 Å². The lowest BCUT2D eigenvalue weighted by Gasteiger charge is -2.10.